The predicted molar refractivity (Wildman–Crippen MR) is 55.3 cm³/mol. The van der Waals surface area contributed by atoms with Gasteiger partial charge in [-0.15, -0.1) is 0 Å². The van der Waals surface area contributed by atoms with Crippen LogP contribution in [0, 0.1) is 0 Å². The van der Waals surface area contributed by atoms with E-state index in [0.717, 1.165) is 17.9 Å². The molecule has 0 amide bonds. The standard InChI is InChI=1S/C11H14N2O2/c1-2-13-8-9(7-12-13)11(14)6-10-4-3-5-15-10/h3-5,7-8,11,14H,2,6H2,1H3. The van der Waals surface area contributed by atoms with E-state index >= 15 is 0 Å². The zero-order valence-corrected chi connectivity index (χ0v) is 8.63. The Morgan fingerprint density at radius 1 is 1.60 bits per heavy atom. The molecule has 1 unspecified atom stereocenters. The first-order valence-corrected chi connectivity index (χ1v) is 5.02. The smallest absolute Gasteiger partial charge is 0.106 e. The first-order valence-electron chi connectivity index (χ1n) is 5.02. The lowest BCUT2D eigenvalue weighted by Crippen LogP contribution is -2.00. The fourth-order valence-corrected chi connectivity index (χ4v) is 1.46. The van der Waals surface area contributed by atoms with Gasteiger partial charge in [0.25, 0.3) is 0 Å². The number of hydrogen-bond acceptors (Lipinski definition) is 3. The highest BCUT2D eigenvalue weighted by atomic mass is 16.3. The lowest BCUT2D eigenvalue weighted by Gasteiger charge is -2.05. The van der Waals surface area contributed by atoms with E-state index in [1.807, 2.05) is 25.3 Å². The Balaban J connectivity index is 2.04. The van der Waals surface area contributed by atoms with E-state index in [4.69, 9.17) is 4.42 Å². The molecule has 2 rings (SSSR count). The van der Waals surface area contributed by atoms with Crippen molar-refractivity contribution in [2.24, 2.45) is 0 Å². The highest BCUT2D eigenvalue weighted by molar-refractivity contribution is 5.11. The van der Waals surface area contributed by atoms with Crippen LogP contribution in [0.15, 0.2) is 35.2 Å². The van der Waals surface area contributed by atoms with E-state index < -0.39 is 6.10 Å². The summed E-state index contributed by atoms with van der Waals surface area (Å²) in [6.07, 6.45) is 5.10. The van der Waals surface area contributed by atoms with Crippen LogP contribution in [-0.4, -0.2) is 14.9 Å². The summed E-state index contributed by atoms with van der Waals surface area (Å²) in [7, 11) is 0. The van der Waals surface area contributed by atoms with Gasteiger partial charge < -0.3 is 9.52 Å². The van der Waals surface area contributed by atoms with Crippen LogP contribution in [0.1, 0.15) is 24.4 Å². The Labute approximate surface area is 88.1 Å². The first-order chi connectivity index (χ1) is 7.29. The number of aliphatic hydroxyl groups excluding tert-OH is 1. The van der Waals surface area contributed by atoms with Gasteiger partial charge in [-0.25, -0.2) is 0 Å². The van der Waals surface area contributed by atoms with Gasteiger partial charge >= 0.3 is 0 Å². The van der Waals surface area contributed by atoms with Crippen LogP contribution in [0.4, 0.5) is 0 Å². The maximum absolute atomic E-state index is 9.89. The molecule has 0 aromatic carbocycles. The molecular weight excluding hydrogens is 192 g/mol. The van der Waals surface area contributed by atoms with Gasteiger partial charge in [0.05, 0.1) is 18.6 Å². The number of furan rings is 1. The Kier molecular flexibility index (Phi) is 2.87. The molecule has 0 fully saturated rings. The van der Waals surface area contributed by atoms with Gasteiger partial charge in [-0.3, -0.25) is 4.68 Å². The molecule has 2 aromatic rings. The van der Waals surface area contributed by atoms with Crippen molar-refractivity contribution in [2.45, 2.75) is 26.0 Å². The summed E-state index contributed by atoms with van der Waals surface area (Å²) < 4.78 is 6.96. The zero-order valence-electron chi connectivity index (χ0n) is 8.63. The molecule has 80 valence electrons. The summed E-state index contributed by atoms with van der Waals surface area (Å²) in [5.41, 5.74) is 0.827. The number of rotatable bonds is 4. The van der Waals surface area contributed by atoms with E-state index in [0.29, 0.717) is 6.42 Å². The molecule has 0 saturated heterocycles. The van der Waals surface area contributed by atoms with Crippen molar-refractivity contribution in [3.05, 3.63) is 42.1 Å². The second-order valence-electron chi connectivity index (χ2n) is 3.43. The number of aliphatic hydroxyl groups is 1. The second kappa shape index (κ2) is 4.31. The topological polar surface area (TPSA) is 51.2 Å². The third-order valence-electron chi connectivity index (χ3n) is 2.34. The number of aryl methyl sites for hydroxylation is 1. The molecule has 15 heavy (non-hydrogen) atoms. The summed E-state index contributed by atoms with van der Waals surface area (Å²) in [4.78, 5) is 0. The molecule has 0 radical (unpaired) electrons. The Morgan fingerprint density at radius 2 is 2.47 bits per heavy atom. The fraction of sp³-hybridized carbons (Fsp3) is 0.364. The first kappa shape index (κ1) is 9.98. The molecule has 4 nitrogen and oxygen atoms in total. The van der Waals surface area contributed by atoms with Crippen LogP contribution >= 0.6 is 0 Å². The molecule has 0 saturated carbocycles. The molecule has 0 spiro atoms. The van der Waals surface area contributed by atoms with E-state index in [1.54, 1.807) is 17.1 Å². The maximum Gasteiger partial charge on any atom is 0.106 e. The molecule has 0 bridgehead atoms. The van der Waals surface area contributed by atoms with Gasteiger partial charge in [0.15, 0.2) is 0 Å². The molecule has 4 heteroatoms. The van der Waals surface area contributed by atoms with E-state index in [9.17, 15) is 5.11 Å². The van der Waals surface area contributed by atoms with E-state index in [2.05, 4.69) is 5.10 Å². The van der Waals surface area contributed by atoms with E-state index in [-0.39, 0.29) is 0 Å². The van der Waals surface area contributed by atoms with Gasteiger partial charge in [0.2, 0.25) is 0 Å². The maximum atomic E-state index is 9.89. The molecule has 0 aliphatic carbocycles. The monoisotopic (exact) mass is 206 g/mol. The minimum atomic E-state index is -0.545. The average molecular weight is 206 g/mol. The van der Waals surface area contributed by atoms with Gasteiger partial charge in [0, 0.05) is 24.7 Å². The minimum absolute atomic E-state index is 0.488. The van der Waals surface area contributed by atoms with E-state index in [1.165, 1.54) is 0 Å². The average Bonchev–Trinajstić information content (AvgIpc) is 2.86. The van der Waals surface area contributed by atoms with Crippen molar-refractivity contribution in [1.82, 2.24) is 9.78 Å². The SMILES string of the molecule is CCn1cc(C(O)Cc2ccco2)cn1. The van der Waals surface area contributed by atoms with Gasteiger partial charge in [0.1, 0.15) is 5.76 Å². The quantitative estimate of drug-likeness (QED) is 0.829. The van der Waals surface area contributed by atoms with Crippen molar-refractivity contribution in [3.63, 3.8) is 0 Å². The van der Waals surface area contributed by atoms with Gasteiger partial charge in [-0.2, -0.15) is 5.10 Å². The van der Waals surface area contributed by atoms with Crippen molar-refractivity contribution < 1.29 is 9.52 Å². The van der Waals surface area contributed by atoms with Crippen molar-refractivity contribution >= 4 is 0 Å². The molecule has 1 N–H and O–H groups in total. The largest absolute Gasteiger partial charge is 0.469 e. The zero-order chi connectivity index (χ0) is 10.7. The number of aromatic nitrogens is 2. The van der Waals surface area contributed by atoms with Crippen LogP contribution in [0.5, 0.6) is 0 Å². The highest BCUT2D eigenvalue weighted by Crippen LogP contribution is 2.17. The summed E-state index contributed by atoms with van der Waals surface area (Å²) in [6, 6.07) is 3.67. The van der Waals surface area contributed by atoms with Crippen molar-refractivity contribution in [1.29, 1.82) is 0 Å². The third kappa shape index (κ3) is 2.27. The summed E-state index contributed by atoms with van der Waals surface area (Å²) in [5, 5.41) is 14.0. The highest BCUT2D eigenvalue weighted by Gasteiger charge is 2.11. The molecule has 2 aromatic heterocycles. The molecule has 1 atom stereocenters. The summed E-state index contributed by atoms with van der Waals surface area (Å²) in [6.45, 7) is 2.82. The van der Waals surface area contributed by atoms with Crippen molar-refractivity contribution in [2.75, 3.05) is 0 Å². The number of nitrogens with zero attached hydrogens (tertiary/aromatic N) is 2. The van der Waals surface area contributed by atoms with Crippen molar-refractivity contribution in [3.8, 4) is 0 Å². The Hall–Kier alpha value is -1.55. The molecule has 0 aliphatic heterocycles. The Morgan fingerprint density at radius 3 is 3.07 bits per heavy atom. The second-order valence-corrected chi connectivity index (χ2v) is 3.43. The van der Waals surface area contributed by atoms with Crippen LogP contribution in [0.25, 0.3) is 0 Å². The Bertz CT molecular complexity index is 406. The molecule has 2 heterocycles. The van der Waals surface area contributed by atoms with Crippen LogP contribution in [0.2, 0.25) is 0 Å². The normalized spacial score (nSPS) is 12.9. The van der Waals surface area contributed by atoms with Gasteiger partial charge in [-0.05, 0) is 19.1 Å². The lowest BCUT2D eigenvalue weighted by molar-refractivity contribution is 0.170. The number of hydrogen-bond donors (Lipinski definition) is 1. The van der Waals surface area contributed by atoms with Crippen LogP contribution in [-0.2, 0) is 13.0 Å². The fourth-order valence-electron chi connectivity index (χ4n) is 1.46. The predicted octanol–water partition coefficient (Wildman–Crippen LogP) is 1.77. The molecule has 0 aliphatic rings. The van der Waals surface area contributed by atoms with Crippen LogP contribution < -0.4 is 0 Å². The van der Waals surface area contributed by atoms with Crippen LogP contribution in [0.3, 0.4) is 0 Å². The summed E-state index contributed by atoms with van der Waals surface area (Å²) in [5.74, 6) is 0.784. The third-order valence-corrected chi connectivity index (χ3v) is 2.34. The molecular formula is C11H14N2O2. The van der Waals surface area contributed by atoms with Gasteiger partial charge in [-0.1, -0.05) is 0 Å². The minimum Gasteiger partial charge on any atom is -0.469 e. The lowest BCUT2D eigenvalue weighted by atomic mass is 10.1. The summed E-state index contributed by atoms with van der Waals surface area (Å²) >= 11 is 0.